The van der Waals surface area contributed by atoms with E-state index in [1.165, 1.54) is 5.56 Å². The van der Waals surface area contributed by atoms with Gasteiger partial charge < -0.3 is 15.0 Å². The third-order valence-corrected chi connectivity index (χ3v) is 5.04. The van der Waals surface area contributed by atoms with Crippen molar-refractivity contribution in [2.45, 2.75) is 39.2 Å². The number of amides is 1. The third kappa shape index (κ3) is 5.04. The zero-order valence-corrected chi connectivity index (χ0v) is 16.4. The molecule has 0 bridgehead atoms. The molecule has 1 saturated heterocycles. The number of aromatic nitrogens is 2. The second-order valence-electron chi connectivity index (χ2n) is 6.97. The van der Waals surface area contributed by atoms with E-state index in [1.807, 2.05) is 32.2 Å². The summed E-state index contributed by atoms with van der Waals surface area (Å²) in [5, 5.41) is 2.96. The van der Waals surface area contributed by atoms with E-state index in [2.05, 4.69) is 39.2 Å². The van der Waals surface area contributed by atoms with Crippen molar-refractivity contribution in [3.05, 3.63) is 53.0 Å². The van der Waals surface area contributed by atoms with E-state index in [-0.39, 0.29) is 5.91 Å². The molecule has 1 aromatic carbocycles. The molecule has 1 aliphatic heterocycles. The van der Waals surface area contributed by atoms with Gasteiger partial charge in [0.05, 0.1) is 12.2 Å². The Kier molecular flexibility index (Phi) is 6.40. The molecule has 27 heavy (non-hydrogen) atoms. The zero-order chi connectivity index (χ0) is 19.2. The summed E-state index contributed by atoms with van der Waals surface area (Å²) in [7, 11) is 1.99. The van der Waals surface area contributed by atoms with Gasteiger partial charge in [-0.25, -0.2) is 9.97 Å². The highest BCUT2D eigenvalue weighted by Gasteiger charge is 2.16. The van der Waals surface area contributed by atoms with Gasteiger partial charge >= 0.3 is 0 Å². The van der Waals surface area contributed by atoms with Crippen LogP contribution in [0.1, 0.15) is 53.1 Å². The van der Waals surface area contributed by atoms with Gasteiger partial charge in [-0.05, 0) is 50.3 Å². The molecule has 0 spiro atoms. The van der Waals surface area contributed by atoms with E-state index in [4.69, 9.17) is 4.74 Å². The van der Waals surface area contributed by atoms with Crippen molar-refractivity contribution in [1.82, 2.24) is 15.3 Å². The lowest BCUT2D eigenvalue weighted by atomic mass is 9.91. The van der Waals surface area contributed by atoms with E-state index >= 15 is 0 Å². The summed E-state index contributed by atoms with van der Waals surface area (Å²) in [4.78, 5) is 23.4. The number of nitrogens with zero attached hydrogens (tertiary/aromatic N) is 3. The summed E-state index contributed by atoms with van der Waals surface area (Å²) in [5.74, 6) is 2.02. The van der Waals surface area contributed by atoms with E-state index in [0.29, 0.717) is 23.9 Å². The maximum atomic E-state index is 12.5. The molecule has 2 aromatic rings. The highest BCUT2D eigenvalue weighted by Crippen LogP contribution is 2.26. The van der Waals surface area contributed by atoms with Crippen LogP contribution in [0.5, 0.6) is 0 Å². The van der Waals surface area contributed by atoms with Crippen molar-refractivity contribution in [1.29, 1.82) is 0 Å². The molecule has 3 rings (SSSR count). The minimum absolute atomic E-state index is 0.0878. The lowest BCUT2D eigenvalue weighted by Crippen LogP contribution is -2.24. The van der Waals surface area contributed by atoms with E-state index in [0.717, 1.165) is 44.1 Å². The molecule has 1 N–H and O–H groups in total. The standard InChI is InChI=1S/C21H28N4O2/c1-4-25(3)20-13-19(23-15(2)24-20)14-22-21(26)18-7-5-16(6-8-18)17-9-11-27-12-10-17/h5-8,13,17H,4,9-12,14H2,1-3H3,(H,22,26). The van der Waals surface area contributed by atoms with Gasteiger partial charge in [-0.2, -0.15) is 0 Å². The number of aryl methyl sites for hydroxylation is 1. The average Bonchev–Trinajstić information content (AvgIpc) is 2.71. The van der Waals surface area contributed by atoms with Crippen molar-refractivity contribution >= 4 is 11.7 Å². The molecule has 0 saturated carbocycles. The first-order valence-corrected chi connectivity index (χ1v) is 9.58. The summed E-state index contributed by atoms with van der Waals surface area (Å²) in [6, 6.07) is 9.86. The molecule has 1 aromatic heterocycles. The van der Waals surface area contributed by atoms with Crippen LogP contribution in [-0.4, -0.2) is 42.7 Å². The lowest BCUT2D eigenvalue weighted by molar-refractivity contribution is 0.0853. The quantitative estimate of drug-likeness (QED) is 0.849. The number of carbonyl (C=O) groups excluding carboxylic acids is 1. The first-order chi connectivity index (χ1) is 13.1. The Hall–Kier alpha value is -2.47. The Morgan fingerprint density at radius 3 is 2.59 bits per heavy atom. The fourth-order valence-corrected chi connectivity index (χ4v) is 3.27. The van der Waals surface area contributed by atoms with Crippen molar-refractivity contribution in [3.63, 3.8) is 0 Å². The number of hydrogen-bond donors (Lipinski definition) is 1. The molecule has 1 fully saturated rings. The Labute approximate surface area is 161 Å². The number of ether oxygens (including phenoxy) is 1. The van der Waals surface area contributed by atoms with Gasteiger partial charge in [0.15, 0.2) is 0 Å². The molecular formula is C21H28N4O2. The average molecular weight is 368 g/mol. The third-order valence-electron chi connectivity index (χ3n) is 5.04. The van der Waals surface area contributed by atoms with Gasteiger partial charge in [0, 0.05) is 38.4 Å². The van der Waals surface area contributed by atoms with Crippen LogP contribution in [0.3, 0.4) is 0 Å². The summed E-state index contributed by atoms with van der Waals surface area (Å²) in [6.45, 7) is 6.83. The molecule has 6 heteroatoms. The lowest BCUT2D eigenvalue weighted by Gasteiger charge is -2.22. The number of anilines is 1. The van der Waals surface area contributed by atoms with Crippen molar-refractivity contribution in [2.24, 2.45) is 0 Å². The minimum atomic E-state index is -0.0878. The Morgan fingerprint density at radius 2 is 1.93 bits per heavy atom. The van der Waals surface area contributed by atoms with E-state index in [9.17, 15) is 4.79 Å². The molecule has 2 heterocycles. The van der Waals surface area contributed by atoms with Crippen LogP contribution in [0.25, 0.3) is 0 Å². The maximum Gasteiger partial charge on any atom is 0.251 e. The normalized spacial score (nSPS) is 14.8. The van der Waals surface area contributed by atoms with Gasteiger partial charge in [-0.3, -0.25) is 4.79 Å². The monoisotopic (exact) mass is 368 g/mol. The topological polar surface area (TPSA) is 67.4 Å². The number of nitrogens with one attached hydrogen (secondary N) is 1. The summed E-state index contributed by atoms with van der Waals surface area (Å²) < 4.78 is 5.42. The van der Waals surface area contributed by atoms with Gasteiger partial charge in [-0.1, -0.05) is 12.1 Å². The van der Waals surface area contributed by atoms with Crippen LogP contribution in [0, 0.1) is 6.92 Å². The zero-order valence-electron chi connectivity index (χ0n) is 16.4. The Morgan fingerprint density at radius 1 is 1.22 bits per heavy atom. The SMILES string of the molecule is CCN(C)c1cc(CNC(=O)c2ccc(C3CCOCC3)cc2)nc(C)n1. The molecule has 0 unspecified atom stereocenters. The molecule has 0 aliphatic carbocycles. The van der Waals surface area contributed by atoms with Crippen molar-refractivity contribution < 1.29 is 9.53 Å². The first kappa shape index (κ1) is 19.3. The fraction of sp³-hybridized carbons (Fsp3) is 0.476. The second kappa shape index (κ2) is 8.95. The van der Waals surface area contributed by atoms with Gasteiger partial charge in [0.1, 0.15) is 11.6 Å². The van der Waals surface area contributed by atoms with Crippen LogP contribution in [0.4, 0.5) is 5.82 Å². The molecule has 6 nitrogen and oxygen atoms in total. The number of carbonyl (C=O) groups is 1. The van der Waals surface area contributed by atoms with E-state index < -0.39 is 0 Å². The highest BCUT2D eigenvalue weighted by atomic mass is 16.5. The number of benzene rings is 1. The number of hydrogen-bond acceptors (Lipinski definition) is 5. The predicted octanol–water partition coefficient (Wildman–Crippen LogP) is 3.07. The Balaban J connectivity index is 1.61. The summed E-state index contributed by atoms with van der Waals surface area (Å²) in [6.07, 6.45) is 2.10. The Bertz CT molecular complexity index is 770. The predicted molar refractivity (Wildman–Crippen MR) is 106 cm³/mol. The second-order valence-corrected chi connectivity index (χ2v) is 6.97. The smallest absolute Gasteiger partial charge is 0.251 e. The van der Waals surface area contributed by atoms with Crippen LogP contribution in [-0.2, 0) is 11.3 Å². The highest BCUT2D eigenvalue weighted by molar-refractivity contribution is 5.94. The number of rotatable bonds is 6. The summed E-state index contributed by atoms with van der Waals surface area (Å²) in [5.41, 5.74) is 2.76. The van der Waals surface area contributed by atoms with Crippen LogP contribution in [0.2, 0.25) is 0 Å². The van der Waals surface area contributed by atoms with Crippen molar-refractivity contribution in [2.75, 3.05) is 31.7 Å². The van der Waals surface area contributed by atoms with Crippen LogP contribution >= 0.6 is 0 Å². The molecule has 1 amide bonds. The molecular weight excluding hydrogens is 340 g/mol. The maximum absolute atomic E-state index is 12.5. The van der Waals surface area contributed by atoms with Gasteiger partial charge in [-0.15, -0.1) is 0 Å². The molecule has 0 radical (unpaired) electrons. The fourth-order valence-electron chi connectivity index (χ4n) is 3.27. The minimum Gasteiger partial charge on any atom is -0.381 e. The first-order valence-electron chi connectivity index (χ1n) is 9.58. The molecule has 0 atom stereocenters. The van der Waals surface area contributed by atoms with Crippen LogP contribution < -0.4 is 10.2 Å². The van der Waals surface area contributed by atoms with Crippen LogP contribution in [0.15, 0.2) is 30.3 Å². The van der Waals surface area contributed by atoms with Gasteiger partial charge in [0.2, 0.25) is 0 Å². The van der Waals surface area contributed by atoms with Gasteiger partial charge in [0.25, 0.3) is 5.91 Å². The molecule has 144 valence electrons. The molecule has 1 aliphatic rings. The van der Waals surface area contributed by atoms with Crippen molar-refractivity contribution in [3.8, 4) is 0 Å². The summed E-state index contributed by atoms with van der Waals surface area (Å²) >= 11 is 0. The largest absolute Gasteiger partial charge is 0.381 e. The van der Waals surface area contributed by atoms with E-state index in [1.54, 1.807) is 0 Å².